The van der Waals surface area contributed by atoms with Crippen LogP contribution < -0.4 is 5.32 Å². The first-order valence-corrected chi connectivity index (χ1v) is 8.07. The third-order valence-electron chi connectivity index (χ3n) is 3.77. The van der Waals surface area contributed by atoms with Crippen molar-refractivity contribution in [3.05, 3.63) is 21.4 Å². The van der Waals surface area contributed by atoms with Gasteiger partial charge in [0.1, 0.15) is 0 Å². The maximum absolute atomic E-state index is 12.1. The average molecular weight is 311 g/mol. The number of fused-ring (bicyclic) bond motifs is 1. The molecule has 116 valence electrons. The summed E-state index contributed by atoms with van der Waals surface area (Å²) in [4.78, 5) is 24.8. The quantitative estimate of drug-likeness (QED) is 0.793. The molecule has 0 aromatic carbocycles. The Hall–Kier alpha value is -1.40. The Morgan fingerprint density at radius 1 is 1.29 bits per heavy atom. The van der Waals surface area contributed by atoms with E-state index < -0.39 is 11.6 Å². The van der Waals surface area contributed by atoms with Crippen LogP contribution in [0.2, 0.25) is 0 Å². The highest BCUT2D eigenvalue weighted by Crippen LogP contribution is 2.28. The topological polar surface area (TPSA) is 86.6 Å². The fourth-order valence-electron chi connectivity index (χ4n) is 2.37. The summed E-state index contributed by atoms with van der Waals surface area (Å²) in [5.41, 5.74) is -0.698. The number of thiophene rings is 1. The predicted molar refractivity (Wildman–Crippen MR) is 80.8 cm³/mol. The van der Waals surface area contributed by atoms with Gasteiger partial charge in [0.15, 0.2) is 5.60 Å². The molecule has 1 aromatic rings. The second kappa shape index (κ2) is 6.58. The Bertz CT molecular complexity index is 510. The maximum Gasteiger partial charge on any atom is 0.337 e. The van der Waals surface area contributed by atoms with Gasteiger partial charge in [-0.15, -0.1) is 11.3 Å². The molecule has 0 saturated carbocycles. The van der Waals surface area contributed by atoms with Gasteiger partial charge in [-0.25, -0.2) is 4.79 Å². The number of aliphatic hydroxyl groups is 1. The number of carbonyl (C=O) groups is 2. The third-order valence-corrected chi connectivity index (χ3v) is 5.01. The molecule has 1 aliphatic rings. The molecule has 1 unspecified atom stereocenters. The fraction of sp³-hybridized carbons (Fsp3) is 0.600. The number of hydrogen-bond acceptors (Lipinski definition) is 4. The van der Waals surface area contributed by atoms with Crippen LogP contribution in [0.5, 0.6) is 0 Å². The molecular weight excluding hydrogens is 290 g/mol. The molecule has 1 heterocycles. The Morgan fingerprint density at radius 2 is 1.95 bits per heavy atom. The zero-order valence-corrected chi connectivity index (χ0v) is 13.0. The molecule has 0 bridgehead atoms. The van der Waals surface area contributed by atoms with Crippen molar-refractivity contribution in [2.24, 2.45) is 0 Å². The molecular formula is C15H21NO4S. The van der Waals surface area contributed by atoms with E-state index in [0.717, 1.165) is 25.7 Å². The minimum atomic E-state index is -1.94. The van der Waals surface area contributed by atoms with E-state index in [2.05, 4.69) is 5.32 Å². The van der Waals surface area contributed by atoms with Crippen molar-refractivity contribution in [2.45, 2.75) is 51.0 Å². The Morgan fingerprint density at radius 3 is 2.62 bits per heavy atom. The monoisotopic (exact) mass is 311 g/mol. The van der Waals surface area contributed by atoms with Gasteiger partial charge in [-0.2, -0.15) is 0 Å². The molecule has 0 spiro atoms. The summed E-state index contributed by atoms with van der Waals surface area (Å²) < 4.78 is 0. The summed E-state index contributed by atoms with van der Waals surface area (Å²) in [5.74, 6) is -1.66. The van der Waals surface area contributed by atoms with Crippen molar-refractivity contribution >= 4 is 23.2 Å². The second-order valence-corrected chi connectivity index (χ2v) is 6.87. The molecule has 1 amide bonds. The lowest BCUT2D eigenvalue weighted by molar-refractivity contribution is -0.155. The van der Waals surface area contributed by atoms with E-state index in [4.69, 9.17) is 5.11 Å². The Labute approximate surface area is 128 Å². The third kappa shape index (κ3) is 4.04. The summed E-state index contributed by atoms with van der Waals surface area (Å²) in [7, 11) is 0. The molecule has 3 N–H and O–H groups in total. The van der Waals surface area contributed by atoms with Crippen LogP contribution in [-0.4, -0.2) is 34.2 Å². The van der Waals surface area contributed by atoms with Crippen molar-refractivity contribution < 1.29 is 19.8 Å². The molecule has 1 aromatic heterocycles. The Balaban J connectivity index is 2.03. The van der Waals surface area contributed by atoms with Gasteiger partial charge < -0.3 is 15.5 Å². The largest absolute Gasteiger partial charge is 0.479 e. The van der Waals surface area contributed by atoms with E-state index >= 15 is 0 Å². The van der Waals surface area contributed by atoms with E-state index in [1.165, 1.54) is 41.5 Å². The molecule has 5 nitrogen and oxygen atoms in total. The maximum atomic E-state index is 12.1. The summed E-state index contributed by atoms with van der Waals surface area (Å²) in [6.45, 7) is 0.868. The van der Waals surface area contributed by atoms with Crippen LogP contribution in [0.1, 0.15) is 52.7 Å². The summed E-state index contributed by atoms with van der Waals surface area (Å²) >= 11 is 1.48. The first kappa shape index (κ1) is 16.0. The van der Waals surface area contributed by atoms with Gasteiger partial charge in [0, 0.05) is 4.88 Å². The molecule has 1 atom stereocenters. The van der Waals surface area contributed by atoms with E-state index in [1.54, 1.807) is 0 Å². The standard InChI is InChI=1S/C15H21NO4S/c1-15(20,14(18)19)9-16-13(17)12-8-10-6-4-2-3-5-7-11(10)21-12/h8,20H,2-7,9H2,1H3,(H,16,17)(H,18,19). The number of carboxylic acid groups (broad SMARTS) is 1. The highest BCUT2D eigenvalue weighted by Gasteiger charge is 2.30. The molecule has 1 aliphatic carbocycles. The molecule has 0 aliphatic heterocycles. The van der Waals surface area contributed by atoms with Gasteiger partial charge in [0.05, 0.1) is 11.4 Å². The van der Waals surface area contributed by atoms with Crippen molar-refractivity contribution in [2.75, 3.05) is 6.54 Å². The minimum Gasteiger partial charge on any atom is -0.479 e. The number of aryl methyl sites for hydroxylation is 2. The smallest absolute Gasteiger partial charge is 0.337 e. The van der Waals surface area contributed by atoms with Gasteiger partial charge in [0.2, 0.25) is 0 Å². The highest BCUT2D eigenvalue weighted by atomic mass is 32.1. The summed E-state index contributed by atoms with van der Waals surface area (Å²) in [5, 5.41) is 20.9. The number of carboxylic acids is 1. The lowest BCUT2D eigenvalue weighted by Gasteiger charge is -2.17. The van der Waals surface area contributed by atoms with Crippen molar-refractivity contribution in [3.63, 3.8) is 0 Å². The van der Waals surface area contributed by atoms with E-state index in [9.17, 15) is 14.7 Å². The van der Waals surface area contributed by atoms with Crippen LogP contribution in [0, 0.1) is 0 Å². The normalized spacial score (nSPS) is 18.0. The molecule has 0 radical (unpaired) electrons. The fourth-order valence-corrected chi connectivity index (χ4v) is 3.54. The predicted octanol–water partition coefficient (Wildman–Crippen LogP) is 1.97. The molecule has 6 heteroatoms. The summed E-state index contributed by atoms with van der Waals surface area (Å²) in [6, 6.07) is 1.91. The van der Waals surface area contributed by atoms with Crippen molar-refractivity contribution in [3.8, 4) is 0 Å². The Kier molecular flexibility index (Phi) is 5.00. The van der Waals surface area contributed by atoms with Crippen LogP contribution in [0.25, 0.3) is 0 Å². The molecule has 21 heavy (non-hydrogen) atoms. The second-order valence-electron chi connectivity index (χ2n) is 5.73. The van der Waals surface area contributed by atoms with E-state index in [0.29, 0.717) is 4.88 Å². The van der Waals surface area contributed by atoms with Gasteiger partial charge in [-0.3, -0.25) is 4.79 Å². The number of nitrogens with one attached hydrogen (secondary N) is 1. The number of hydrogen-bond donors (Lipinski definition) is 3. The van der Waals surface area contributed by atoms with Crippen molar-refractivity contribution in [1.29, 1.82) is 0 Å². The van der Waals surface area contributed by atoms with Crippen LogP contribution in [0.15, 0.2) is 6.07 Å². The zero-order valence-electron chi connectivity index (χ0n) is 12.1. The zero-order chi connectivity index (χ0) is 15.5. The first-order chi connectivity index (χ1) is 9.90. The van der Waals surface area contributed by atoms with Gasteiger partial charge in [0.25, 0.3) is 5.91 Å². The first-order valence-electron chi connectivity index (χ1n) is 7.26. The number of amides is 1. The van der Waals surface area contributed by atoms with E-state index in [-0.39, 0.29) is 12.5 Å². The number of rotatable bonds is 4. The average Bonchev–Trinajstić information content (AvgIpc) is 2.78. The van der Waals surface area contributed by atoms with Crippen LogP contribution >= 0.6 is 11.3 Å². The van der Waals surface area contributed by atoms with Crippen LogP contribution in [0.4, 0.5) is 0 Å². The van der Waals surface area contributed by atoms with Gasteiger partial charge in [-0.05, 0) is 44.2 Å². The minimum absolute atomic E-state index is 0.302. The lowest BCUT2D eigenvalue weighted by Crippen LogP contribution is -2.46. The summed E-state index contributed by atoms with van der Waals surface area (Å²) in [6.07, 6.45) is 6.80. The van der Waals surface area contributed by atoms with Crippen LogP contribution in [0.3, 0.4) is 0 Å². The molecule has 0 saturated heterocycles. The lowest BCUT2D eigenvalue weighted by atomic mass is 10.00. The molecule has 0 fully saturated rings. The van der Waals surface area contributed by atoms with Crippen LogP contribution in [-0.2, 0) is 17.6 Å². The van der Waals surface area contributed by atoms with Gasteiger partial charge >= 0.3 is 5.97 Å². The number of carbonyl (C=O) groups excluding carboxylic acids is 1. The van der Waals surface area contributed by atoms with Gasteiger partial charge in [-0.1, -0.05) is 12.8 Å². The number of aliphatic carboxylic acids is 1. The SMILES string of the molecule is CC(O)(CNC(=O)c1cc2c(s1)CCCCCC2)C(=O)O. The molecule has 2 rings (SSSR count). The highest BCUT2D eigenvalue weighted by molar-refractivity contribution is 7.14. The van der Waals surface area contributed by atoms with E-state index in [1.807, 2.05) is 6.07 Å². The van der Waals surface area contributed by atoms with Crippen molar-refractivity contribution in [1.82, 2.24) is 5.32 Å².